The molecule has 174 valence electrons. The molecule has 1 saturated heterocycles. The molecule has 0 atom stereocenters. The van der Waals surface area contributed by atoms with Crippen molar-refractivity contribution in [3.63, 3.8) is 0 Å². The molecule has 11 heteroatoms. The van der Waals surface area contributed by atoms with Crippen LogP contribution in [0.3, 0.4) is 0 Å². The predicted molar refractivity (Wildman–Crippen MR) is 120 cm³/mol. The van der Waals surface area contributed by atoms with Crippen molar-refractivity contribution in [2.45, 2.75) is 18.7 Å². The summed E-state index contributed by atoms with van der Waals surface area (Å²) >= 11 is 0. The number of rotatable bonds is 7. The summed E-state index contributed by atoms with van der Waals surface area (Å²) in [7, 11) is -3.95. The summed E-state index contributed by atoms with van der Waals surface area (Å²) in [5, 5.41) is 3.88. The Labute approximate surface area is 191 Å². The van der Waals surface area contributed by atoms with E-state index in [1.54, 1.807) is 48.2 Å². The molecule has 0 bridgehead atoms. The second-order valence-electron chi connectivity index (χ2n) is 7.34. The van der Waals surface area contributed by atoms with E-state index in [4.69, 9.17) is 14.0 Å². The SMILES string of the molecule is CCOc1ccccc1NS(=O)(=O)c1cc(-c2noc(C(=O)N3CCOCC3)n2)ccc1C. The van der Waals surface area contributed by atoms with Gasteiger partial charge in [0.2, 0.25) is 5.82 Å². The molecule has 10 nitrogen and oxygen atoms in total. The van der Waals surface area contributed by atoms with Gasteiger partial charge in [0.05, 0.1) is 30.4 Å². The van der Waals surface area contributed by atoms with Crippen molar-refractivity contribution in [2.75, 3.05) is 37.6 Å². The van der Waals surface area contributed by atoms with Crippen molar-refractivity contribution in [3.05, 3.63) is 53.9 Å². The van der Waals surface area contributed by atoms with Crippen LogP contribution in [-0.2, 0) is 14.8 Å². The van der Waals surface area contributed by atoms with Crippen molar-refractivity contribution in [1.82, 2.24) is 15.0 Å². The van der Waals surface area contributed by atoms with Gasteiger partial charge in [0.1, 0.15) is 5.75 Å². The van der Waals surface area contributed by atoms with E-state index in [-0.39, 0.29) is 22.5 Å². The Bertz CT molecular complexity index is 1250. The van der Waals surface area contributed by atoms with Crippen molar-refractivity contribution >= 4 is 21.6 Å². The molecule has 0 unspecified atom stereocenters. The van der Waals surface area contributed by atoms with Gasteiger partial charge in [-0.15, -0.1) is 0 Å². The smallest absolute Gasteiger partial charge is 0.316 e. The standard InChI is InChI=1S/C22H24N4O6S/c1-3-31-18-7-5-4-6-17(18)25-33(28,29)19-14-16(9-8-15(19)2)20-23-21(32-24-20)22(27)26-10-12-30-13-11-26/h4-9,14,25H,3,10-13H2,1-2H3. The van der Waals surface area contributed by atoms with Gasteiger partial charge in [-0.05, 0) is 37.6 Å². The third-order valence-corrected chi connectivity index (χ3v) is 6.58. The molecule has 4 rings (SSSR count). The summed E-state index contributed by atoms with van der Waals surface area (Å²) in [5.74, 6) is 0.0199. The molecular formula is C22H24N4O6S. The van der Waals surface area contributed by atoms with Crippen LogP contribution in [0.15, 0.2) is 51.9 Å². The molecule has 0 spiro atoms. The Morgan fingerprint density at radius 2 is 1.94 bits per heavy atom. The summed E-state index contributed by atoms with van der Waals surface area (Å²) in [5.41, 5.74) is 1.28. The lowest BCUT2D eigenvalue weighted by Gasteiger charge is -2.25. The molecule has 0 aliphatic carbocycles. The van der Waals surface area contributed by atoms with Crippen LogP contribution in [-0.4, -0.2) is 62.3 Å². The van der Waals surface area contributed by atoms with E-state index in [9.17, 15) is 13.2 Å². The Morgan fingerprint density at radius 1 is 1.18 bits per heavy atom. The number of anilines is 1. The largest absolute Gasteiger partial charge is 0.492 e. The number of nitrogens with one attached hydrogen (secondary N) is 1. The summed E-state index contributed by atoms with van der Waals surface area (Å²) in [6, 6.07) is 11.6. The molecule has 1 amide bonds. The molecule has 0 radical (unpaired) electrons. The highest BCUT2D eigenvalue weighted by Crippen LogP contribution is 2.29. The number of aromatic nitrogens is 2. The van der Waals surface area contributed by atoms with E-state index in [0.29, 0.717) is 55.5 Å². The van der Waals surface area contributed by atoms with E-state index in [0.717, 1.165) is 0 Å². The fourth-order valence-electron chi connectivity index (χ4n) is 3.39. The van der Waals surface area contributed by atoms with Gasteiger partial charge in [-0.1, -0.05) is 29.4 Å². The van der Waals surface area contributed by atoms with E-state index >= 15 is 0 Å². The van der Waals surface area contributed by atoms with E-state index in [1.165, 1.54) is 6.07 Å². The molecule has 1 fully saturated rings. The van der Waals surface area contributed by atoms with E-state index in [1.807, 2.05) is 6.92 Å². The minimum absolute atomic E-state index is 0.0529. The van der Waals surface area contributed by atoms with E-state index < -0.39 is 10.0 Å². The second kappa shape index (κ2) is 9.59. The van der Waals surface area contributed by atoms with Crippen LogP contribution < -0.4 is 9.46 Å². The average molecular weight is 473 g/mol. The fourth-order valence-corrected chi connectivity index (χ4v) is 4.73. The van der Waals surface area contributed by atoms with Gasteiger partial charge in [-0.2, -0.15) is 4.98 Å². The molecular weight excluding hydrogens is 448 g/mol. The van der Waals surface area contributed by atoms with Gasteiger partial charge in [0.15, 0.2) is 0 Å². The van der Waals surface area contributed by atoms with Crippen LogP contribution >= 0.6 is 0 Å². The van der Waals surface area contributed by atoms with Crippen LogP contribution in [0, 0.1) is 6.92 Å². The first-order valence-corrected chi connectivity index (χ1v) is 11.9. The number of aryl methyl sites for hydroxylation is 1. The number of amides is 1. The Hall–Kier alpha value is -3.44. The number of hydrogen-bond donors (Lipinski definition) is 1. The molecule has 33 heavy (non-hydrogen) atoms. The van der Waals surface area contributed by atoms with Gasteiger partial charge < -0.3 is 18.9 Å². The van der Waals surface area contributed by atoms with Crippen LogP contribution in [0.2, 0.25) is 0 Å². The highest BCUT2D eigenvalue weighted by molar-refractivity contribution is 7.92. The van der Waals surface area contributed by atoms with Crippen LogP contribution in [0.5, 0.6) is 5.75 Å². The lowest BCUT2D eigenvalue weighted by molar-refractivity contribution is 0.0272. The summed E-state index contributed by atoms with van der Waals surface area (Å²) in [6.45, 7) is 5.70. The van der Waals surface area contributed by atoms with Crippen LogP contribution in [0.4, 0.5) is 5.69 Å². The molecule has 0 saturated carbocycles. The summed E-state index contributed by atoms with van der Waals surface area (Å²) < 4.78 is 44.9. The Morgan fingerprint density at radius 3 is 2.70 bits per heavy atom. The molecule has 1 aliphatic rings. The molecule has 2 aromatic carbocycles. The van der Waals surface area contributed by atoms with Crippen molar-refractivity contribution in [2.24, 2.45) is 0 Å². The maximum Gasteiger partial charge on any atom is 0.316 e. The van der Waals surface area contributed by atoms with Gasteiger partial charge in [0, 0.05) is 18.7 Å². The average Bonchev–Trinajstić information content (AvgIpc) is 3.31. The van der Waals surface area contributed by atoms with E-state index in [2.05, 4.69) is 14.9 Å². The van der Waals surface area contributed by atoms with Crippen molar-refractivity contribution in [1.29, 1.82) is 0 Å². The quantitative estimate of drug-likeness (QED) is 0.557. The number of carbonyl (C=O) groups excluding carboxylic acids is 1. The first-order chi connectivity index (χ1) is 15.9. The van der Waals surface area contributed by atoms with Crippen LogP contribution in [0.25, 0.3) is 11.4 Å². The predicted octanol–water partition coefficient (Wildman–Crippen LogP) is 2.72. The number of nitrogens with zero attached hydrogens (tertiary/aromatic N) is 3. The maximum absolute atomic E-state index is 13.2. The van der Waals surface area contributed by atoms with Gasteiger partial charge in [-0.3, -0.25) is 9.52 Å². The van der Waals surface area contributed by atoms with Gasteiger partial charge in [0.25, 0.3) is 10.0 Å². The number of carbonyl (C=O) groups is 1. The normalized spacial score (nSPS) is 14.2. The monoisotopic (exact) mass is 472 g/mol. The van der Waals surface area contributed by atoms with Crippen molar-refractivity contribution < 1.29 is 27.2 Å². The highest BCUT2D eigenvalue weighted by Gasteiger charge is 2.25. The number of para-hydroxylation sites is 2. The number of hydrogen-bond acceptors (Lipinski definition) is 8. The maximum atomic E-state index is 13.2. The number of ether oxygens (including phenoxy) is 2. The molecule has 1 N–H and O–H groups in total. The Balaban J connectivity index is 1.61. The number of morpholine rings is 1. The molecule has 2 heterocycles. The lowest BCUT2D eigenvalue weighted by Crippen LogP contribution is -2.40. The second-order valence-corrected chi connectivity index (χ2v) is 8.99. The molecule has 1 aliphatic heterocycles. The zero-order chi connectivity index (χ0) is 23.4. The zero-order valence-electron chi connectivity index (χ0n) is 18.3. The van der Waals surface area contributed by atoms with Crippen molar-refractivity contribution in [3.8, 4) is 17.1 Å². The number of sulfonamides is 1. The molecule has 1 aromatic heterocycles. The minimum atomic E-state index is -3.95. The van der Waals surface area contributed by atoms with Gasteiger partial charge >= 0.3 is 11.8 Å². The molecule has 3 aromatic rings. The Kier molecular flexibility index (Phi) is 6.61. The summed E-state index contributed by atoms with van der Waals surface area (Å²) in [6.07, 6.45) is 0. The minimum Gasteiger partial charge on any atom is -0.492 e. The first-order valence-electron chi connectivity index (χ1n) is 10.5. The third kappa shape index (κ3) is 4.99. The van der Waals surface area contributed by atoms with Crippen LogP contribution in [0.1, 0.15) is 23.2 Å². The number of benzene rings is 2. The third-order valence-electron chi connectivity index (χ3n) is 5.07. The highest BCUT2D eigenvalue weighted by atomic mass is 32.2. The summed E-state index contributed by atoms with van der Waals surface area (Å²) in [4.78, 5) is 18.4. The lowest BCUT2D eigenvalue weighted by atomic mass is 10.1. The fraction of sp³-hybridized carbons (Fsp3) is 0.318. The van der Waals surface area contributed by atoms with Gasteiger partial charge in [-0.25, -0.2) is 8.42 Å². The zero-order valence-corrected chi connectivity index (χ0v) is 19.1. The first kappa shape index (κ1) is 22.7. The topological polar surface area (TPSA) is 124 Å².